The van der Waals surface area contributed by atoms with Crippen molar-refractivity contribution in [2.45, 2.75) is 70.9 Å². The Balaban J connectivity index is 1.35. The molecule has 0 aromatic heterocycles. The van der Waals surface area contributed by atoms with Gasteiger partial charge in [0.25, 0.3) is 0 Å². The fourth-order valence-electron chi connectivity index (χ4n) is 5.46. The number of ketones is 1. The first kappa shape index (κ1) is 27.6. The zero-order valence-electron chi connectivity index (χ0n) is 21.3. The molecule has 0 bridgehead atoms. The Morgan fingerprint density at radius 3 is 2.23 bits per heavy atom. The van der Waals surface area contributed by atoms with E-state index in [-0.39, 0.29) is 5.75 Å². The lowest BCUT2D eigenvalue weighted by molar-refractivity contribution is -0.137. The first-order chi connectivity index (χ1) is 16.6. The number of benzene rings is 1. The summed E-state index contributed by atoms with van der Waals surface area (Å²) in [5.74, 6) is 2.09. The van der Waals surface area contributed by atoms with Gasteiger partial charge >= 0.3 is 6.18 Å². The smallest absolute Gasteiger partial charge is 0.416 e. The van der Waals surface area contributed by atoms with Crippen molar-refractivity contribution in [2.75, 3.05) is 44.7 Å². The van der Waals surface area contributed by atoms with E-state index >= 15 is 0 Å². The summed E-state index contributed by atoms with van der Waals surface area (Å²) < 4.78 is 44.9. The second-order valence-corrected chi connectivity index (χ2v) is 10.5. The highest BCUT2D eigenvalue weighted by atomic mass is 19.4. The van der Waals surface area contributed by atoms with Gasteiger partial charge in [0.15, 0.2) is 0 Å². The third-order valence-electron chi connectivity index (χ3n) is 7.58. The first-order valence-corrected chi connectivity index (χ1v) is 13.0. The molecule has 35 heavy (non-hydrogen) atoms. The Bertz CT molecular complexity index is 839. The molecule has 1 heterocycles. The highest BCUT2D eigenvalue weighted by molar-refractivity contribution is 5.80. The molecule has 0 radical (unpaired) electrons. The van der Waals surface area contributed by atoms with Crippen molar-refractivity contribution >= 4 is 11.5 Å². The second-order valence-electron chi connectivity index (χ2n) is 10.5. The number of hydrogen-bond acceptors (Lipinski definition) is 4. The predicted octanol–water partition coefficient (Wildman–Crippen LogP) is 6.74. The van der Waals surface area contributed by atoms with Crippen LogP contribution in [0.3, 0.4) is 0 Å². The maximum atomic E-state index is 13.3. The largest absolute Gasteiger partial charge is 0.497 e. The van der Waals surface area contributed by atoms with Crippen LogP contribution in [0.15, 0.2) is 30.4 Å². The predicted molar refractivity (Wildman–Crippen MR) is 135 cm³/mol. The van der Waals surface area contributed by atoms with Crippen LogP contribution in [0.25, 0.3) is 0 Å². The number of piperazine rings is 1. The van der Waals surface area contributed by atoms with Crippen molar-refractivity contribution in [3.05, 3.63) is 35.9 Å². The summed E-state index contributed by atoms with van der Waals surface area (Å²) in [5.41, 5.74) is 0.868. The van der Waals surface area contributed by atoms with Crippen molar-refractivity contribution in [2.24, 2.45) is 11.8 Å². The van der Waals surface area contributed by atoms with Gasteiger partial charge in [-0.05, 0) is 50.3 Å². The topological polar surface area (TPSA) is 32.8 Å². The van der Waals surface area contributed by atoms with E-state index in [9.17, 15) is 18.0 Å². The molecular formula is C28H41F3N2O2. The van der Waals surface area contributed by atoms with Gasteiger partial charge in [0.2, 0.25) is 0 Å². The average Bonchev–Trinajstić information content (AvgIpc) is 2.82. The number of nitrogens with zero attached hydrogens (tertiary/aromatic N) is 2. The van der Waals surface area contributed by atoms with Crippen molar-refractivity contribution in [1.82, 2.24) is 4.90 Å². The maximum absolute atomic E-state index is 13.3. The lowest BCUT2D eigenvalue weighted by atomic mass is 9.78. The van der Waals surface area contributed by atoms with Crippen LogP contribution in [0.4, 0.5) is 18.9 Å². The molecule has 0 amide bonds. The van der Waals surface area contributed by atoms with Crippen LogP contribution in [0, 0.1) is 11.8 Å². The highest BCUT2D eigenvalue weighted by Crippen LogP contribution is 2.36. The van der Waals surface area contributed by atoms with Crippen molar-refractivity contribution < 1.29 is 22.7 Å². The van der Waals surface area contributed by atoms with Gasteiger partial charge in [0.1, 0.15) is 11.5 Å². The number of ether oxygens (including phenoxy) is 1. The molecule has 0 spiro atoms. The van der Waals surface area contributed by atoms with Crippen LogP contribution < -0.4 is 9.64 Å². The monoisotopic (exact) mass is 494 g/mol. The fraction of sp³-hybridized carbons (Fsp3) is 0.679. The van der Waals surface area contributed by atoms with E-state index in [1.54, 1.807) is 6.07 Å². The molecule has 1 aliphatic heterocycles. The average molecular weight is 495 g/mol. The van der Waals surface area contributed by atoms with Crippen molar-refractivity contribution in [1.29, 1.82) is 0 Å². The number of methoxy groups -OCH3 is 1. The lowest BCUT2D eigenvalue weighted by Gasteiger charge is -2.37. The van der Waals surface area contributed by atoms with Crippen molar-refractivity contribution in [3.63, 3.8) is 0 Å². The Hall–Kier alpha value is -2.02. The Morgan fingerprint density at radius 2 is 1.66 bits per heavy atom. The van der Waals surface area contributed by atoms with E-state index in [1.165, 1.54) is 45.3 Å². The number of hydrogen-bond donors (Lipinski definition) is 0. The van der Waals surface area contributed by atoms with Crippen molar-refractivity contribution in [3.8, 4) is 5.75 Å². The summed E-state index contributed by atoms with van der Waals surface area (Å²) in [6.07, 6.45) is 5.27. The summed E-state index contributed by atoms with van der Waals surface area (Å²) in [6, 6.07) is 3.98. The SMILES string of the molecule is C=C(C)CC(=O)CCCC1CCC(CCN2CCN(c3cc(OC)cc(C(F)(F)F)c3)CC2)CC1. The summed E-state index contributed by atoms with van der Waals surface area (Å²) in [6.45, 7) is 9.97. The Labute approximate surface area is 208 Å². The molecule has 2 fully saturated rings. The minimum Gasteiger partial charge on any atom is -0.497 e. The zero-order chi connectivity index (χ0) is 25.4. The van der Waals surface area contributed by atoms with Gasteiger partial charge in [-0.3, -0.25) is 9.69 Å². The fourth-order valence-corrected chi connectivity index (χ4v) is 5.46. The van der Waals surface area contributed by atoms with Crippen LogP contribution in [0.1, 0.15) is 70.3 Å². The summed E-state index contributed by atoms with van der Waals surface area (Å²) in [4.78, 5) is 16.3. The molecule has 0 unspecified atom stereocenters. The number of carbonyl (C=O) groups is 1. The highest BCUT2D eigenvalue weighted by Gasteiger charge is 2.32. The van der Waals surface area contributed by atoms with Gasteiger partial charge in [-0.15, -0.1) is 0 Å². The summed E-state index contributed by atoms with van der Waals surface area (Å²) in [5, 5.41) is 0. The summed E-state index contributed by atoms with van der Waals surface area (Å²) in [7, 11) is 1.40. The maximum Gasteiger partial charge on any atom is 0.416 e. The van der Waals surface area contributed by atoms with Gasteiger partial charge < -0.3 is 9.64 Å². The van der Waals surface area contributed by atoms with Crippen LogP contribution in [0.2, 0.25) is 0 Å². The number of carbonyl (C=O) groups excluding carboxylic acids is 1. The zero-order valence-corrected chi connectivity index (χ0v) is 21.3. The molecule has 4 nitrogen and oxygen atoms in total. The number of allylic oxidation sites excluding steroid dienone is 1. The van der Waals surface area contributed by atoms with E-state index in [0.29, 0.717) is 24.3 Å². The Morgan fingerprint density at radius 1 is 1.03 bits per heavy atom. The number of anilines is 1. The third kappa shape index (κ3) is 8.85. The van der Waals surface area contributed by atoms with E-state index in [4.69, 9.17) is 4.74 Å². The molecule has 3 rings (SSSR count). The normalized spacial score (nSPS) is 21.7. The van der Waals surface area contributed by atoms with E-state index in [1.807, 2.05) is 11.8 Å². The quantitative estimate of drug-likeness (QED) is 0.319. The molecule has 1 aromatic rings. The van der Waals surface area contributed by atoms with E-state index in [0.717, 1.165) is 69.0 Å². The van der Waals surface area contributed by atoms with E-state index < -0.39 is 11.7 Å². The molecule has 7 heteroatoms. The third-order valence-corrected chi connectivity index (χ3v) is 7.58. The standard InChI is InChI=1S/C28H41F3N2O2/c1-21(2)17-26(34)6-4-5-22-7-9-23(10-8-22)11-12-32-13-15-33(16-14-32)25-18-24(28(29,30)31)19-27(20-25)35-3/h18-20,22-23H,1,4-17H2,2-3H3. The molecule has 2 aliphatic rings. The minimum atomic E-state index is -4.38. The van der Waals surface area contributed by atoms with Gasteiger partial charge in [0, 0.05) is 50.8 Å². The molecule has 1 aliphatic carbocycles. The van der Waals surface area contributed by atoms with Gasteiger partial charge in [0.05, 0.1) is 12.7 Å². The molecule has 1 aromatic carbocycles. The molecule has 0 atom stereocenters. The van der Waals surface area contributed by atoms with Gasteiger partial charge in [-0.25, -0.2) is 0 Å². The molecule has 1 saturated heterocycles. The molecule has 196 valence electrons. The molecule has 1 saturated carbocycles. The first-order valence-electron chi connectivity index (χ1n) is 13.0. The Kier molecular flexibility index (Phi) is 10.1. The lowest BCUT2D eigenvalue weighted by Crippen LogP contribution is -2.47. The van der Waals surface area contributed by atoms with Crippen LogP contribution in [0.5, 0.6) is 5.75 Å². The van der Waals surface area contributed by atoms with Gasteiger partial charge in [-0.1, -0.05) is 44.3 Å². The van der Waals surface area contributed by atoms with Crippen LogP contribution >= 0.6 is 0 Å². The van der Waals surface area contributed by atoms with Crippen LogP contribution in [-0.2, 0) is 11.0 Å². The number of halogens is 3. The number of alkyl halides is 3. The van der Waals surface area contributed by atoms with Crippen LogP contribution in [-0.4, -0.2) is 50.5 Å². The number of Topliss-reactive ketones (excluding diaryl/α,β-unsaturated/α-hetero) is 1. The summed E-state index contributed by atoms with van der Waals surface area (Å²) >= 11 is 0. The van der Waals surface area contributed by atoms with E-state index in [2.05, 4.69) is 11.5 Å². The molecule has 0 N–H and O–H groups in total. The van der Waals surface area contributed by atoms with Gasteiger partial charge in [-0.2, -0.15) is 13.2 Å². The number of rotatable bonds is 11. The second kappa shape index (κ2) is 12.8. The minimum absolute atomic E-state index is 0.242. The molecular weight excluding hydrogens is 453 g/mol.